The fraction of sp³-hybridized carbons (Fsp3) is 0.500. The molecule has 0 amide bonds. The third kappa shape index (κ3) is 5.28. The lowest BCUT2D eigenvalue weighted by atomic mass is 10.0. The highest BCUT2D eigenvalue weighted by molar-refractivity contribution is 9.10. The molecule has 0 aliphatic carbocycles. The minimum absolute atomic E-state index is 0.446. The summed E-state index contributed by atoms with van der Waals surface area (Å²) in [4.78, 5) is 6.84. The lowest BCUT2D eigenvalue weighted by Gasteiger charge is -2.33. The quantitative estimate of drug-likeness (QED) is 0.571. The standard InChI is InChI=1S/C18H26BrN7/c1-20-18(21-11-17-24-22-13-25(17)2)23-16-7-9-26(10-8-16)12-14-3-5-15(19)6-4-14/h3-6,13,16H,7-12H2,1-2H3,(H2,20,21,23). The number of rotatable bonds is 5. The Morgan fingerprint density at radius 3 is 2.62 bits per heavy atom. The number of aromatic nitrogens is 3. The molecule has 1 aliphatic heterocycles. The number of nitrogens with one attached hydrogen (secondary N) is 2. The summed E-state index contributed by atoms with van der Waals surface area (Å²) < 4.78 is 3.03. The lowest BCUT2D eigenvalue weighted by Crippen LogP contribution is -2.48. The van der Waals surface area contributed by atoms with Gasteiger partial charge in [0.1, 0.15) is 6.33 Å². The maximum absolute atomic E-state index is 4.33. The van der Waals surface area contributed by atoms with Crippen molar-refractivity contribution in [3.63, 3.8) is 0 Å². The molecule has 1 fully saturated rings. The van der Waals surface area contributed by atoms with Gasteiger partial charge in [0.05, 0.1) is 6.54 Å². The summed E-state index contributed by atoms with van der Waals surface area (Å²) in [5.41, 5.74) is 1.36. The first kappa shape index (κ1) is 18.8. The third-order valence-corrected chi connectivity index (χ3v) is 5.22. The smallest absolute Gasteiger partial charge is 0.191 e. The average molecular weight is 420 g/mol. The molecule has 0 unspecified atom stereocenters. The molecule has 8 heteroatoms. The molecule has 140 valence electrons. The molecule has 1 aromatic carbocycles. The van der Waals surface area contributed by atoms with Gasteiger partial charge in [-0.05, 0) is 30.5 Å². The van der Waals surface area contributed by atoms with Crippen LogP contribution in [0.1, 0.15) is 24.2 Å². The largest absolute Gasteiger partial charge is 0.354 e. The van der Waals surface area contributed by atoms with Crippen LogP contribution < -0.4 is 10.6 Å². The van der Waals surface area contributed by atoms with Crippen molar-refractivity contribution in [2.24, 2.45) is 12.0 Å². The summed E-state index contributed by atoms with van der Waals surface area (Å²) in [6.45, 7) is 3.81. The number of hydrogen-bond acceptors (Lipinski definition) is 4. The number of aliphatic imine (C=N–C) groups is 1. The Morgan fingerprint density at radius 1 is 1.27 bits per heavy atom. The zero-order valence-corrected chi connectivity index (χ0v) is 16.9. The molecular weight excluding hydrogens is 394 g/mol. The van der Waals surface area contributed by atoms with E-state index in [4.69, 9.17) is 0 Å². The van der Waals surface area contributed by atoms with Crippen molar-refractivity contribution in [3.8, 4) is 0 Å². The van der Waals surface area contributed by atoms with Crippen molar-refractivity contribution >= 4 is 21.9 Å². The van der Waals surface area contributed by atoms with Gasteiger partial charge in [-0.25, -0.2) is 0 Å². The molecule has 0 atom stereocenters. The van der Waals surface area contributed by atoms with E-state index in [0.29, 0.717) is 12.6 Å². The molecule has 0 bridgehead atoms. The lowest BCUT2D eigenvalue weighted by molar-refractivity contribution is 0.198. The van der Waals surface area contributed by atoms with Crippen molar-refractivity contribution in [1.82, 2.24) is 30.3 Å². The van der Waals surface area contributed by atoms with Crippen LogP contribution in [0.25, 0.3) is 0 Å². The Labute approximate surface area is 163 Å². The van der Waals surface area contributed by atoms with Gasteiger partial charge in [0.2, 0.25) is 0 Å². The van der Waals surface area contributed by atoms with Gasteiger partial charge in [0.25, 0.3) is 0 Å². The Balaban J connectivity index is 1.42. The molecule has 3 rings (SSSR count). The highest BCUT2D eigenvalue weighted by atomic mass is 79.9. The molecule has 26 heavy (non-hydrogen) atoms. The molecule has 1 aromatic heterocycles. The number of hydrogen-bond donors (Lipinski definition) is 2. The van der Waals surface area contributed by atoms with Crippen molar-refractivity contribution in [3.05, 3.63) is 46.5 Å². The van der Waals surface area contributed by atoms with E-state index >= 15 is 0 Å². The van der Waals surface area contributed by atoms with Gasteiger partial charge in [-0.2, -0.15) is 0 Å². The Morgan fingerprint density at radius 2 is 2.00 bits per heavy atom. The van der Waals surface area contributed by atoms with Crippen molar-refractivity contribution in [2.45, 2.75) is 32.0 Å². The second-order valence-corrected chi connectivity index (χ2v) is 7.52. The Bertz CT molecular complexity index is 717. The van der Waals surface area contributed by atoms with Gasteiger partial charge < -0.3 is 15.2 Å². The van der Waals surface area contributed by atoms with Crippen LogP contribution in [0.3, 0.4) is 0 Å². The van der Waals surface area contributed by atoms with E-state index in [1.807, 2.05) is 11.6 Å². The Kier molecular flexibility index (Phi) is 6.62. The van der Waals surface area contributed by atoms with E-state index in [0.717, 1.165) is 48.7 Å². The number of aryl methyl sites for hydroxylation is 1. The van der Waals surface area contributed by atoms with E-state index in [9.17, 15) is 0 Å². The molecule has 0 radical (unpaired) electrons. The van der Waals surface area contributed by atoms with Gasteiger partial charge >= 0.3 is 0 Å². The van der Waals surface area contributed by atoms with Crippen molar-refractivity contribution in [1.29, 1.82) is 0 Å². The predicted molar refractivity (Wildman–Crippen MR) is 107 cm³/mol. The zero-order valence-electron chi connectivity index (χ0n) is 15.3. The van der Waals surface area contributed by atoms with Gasteiger partial charge in [0.15, 0.2) is 11.8 Å². The maximum Gasteiger partial charge on any atom is 0.191 e. The molecule has 7 nitrogen and oxygen atoms in total. The summed E-state index contributed by atoms with van der Waals surface area (Å²) in [5, 5.41) is 14.8. The number of benzene rings is 1. The SMILES string of the molecule is CN=C(NCc1nncn1C)NC1CCN(Cc2ccc(Br)cc2)CC1. The summed E-state index contributed by atoms with van der Waals surface area (Å²) in [6.07, 6.45) is 3.93. The second kappa shape index (κ2) is 9.14. The number of likely N-dealkylation sites (tertiary alicyclic amines) is 1. The molecule has 2 heterocycles. The molecule has 0 saturated carbocycles. The first-order valence-electron chi connectivity index (χ1n) is 8.91. The minimum Gasteiger partial charge on any atom is -0.354 e. The fourth-order valence-corrected chi connectivity index (χ4v) is 3.37. The molecule has 0 spiro atoms. The van der Waals surface area contributed by atoms with E-state index in [-0.39, 0.29) is 0 Å². The van der Waals surface area contributed by atoms with E-state index in [2.05, 4.69) is 70.9 Å². The maximum atomic E-state index is 4.33. The molecule has 2 N–H and O–H groups in total. The monoisotopic (exact) mass is 419 g/mol. The van der Waals surface area contributed by atoms with Crippen molar-refractivity contribution in [2.75, 3.05) is 20.1 Å². The molecule has 2 aromatic rings. The molecular formula is C18H26BrN7. The normalized spacial score (nSPS) is 16.7. The number of halogens is 1. The van der Waals surface area contributed by atoms with E-state index in [1.54, 1.807) is 13.4 Å². The topological polar surface area (TPSA) is 70.4 Å². The average Bonchev–Trinajstić information content (AvgIpc) is 3.07. The van der Waals surface area contributed by atoms with Gasteiger partial charge in [-0.1, -0.05) is 28.1 Å². The fourth-order valence-electron chi connectivity index (χ4n) is 3.10. The van der Waals surface area contributed by atoms with Crippen molar-refractivity contribution < 1.29 is 0 Å². The van der Waals surface area contributed by atoms with Gasteiger partial charge in [-0.15, -0.1) is 10.2 Å². The minimum atomic E-state index is 0.446. The number of guanidine groups is 1. The highest BCUT2D eigenvalue weighted by Crippen LogP contribution is 2.16. The van der Waals surface area contributed by atoms with Gasteiger partial charge in [-0.3, -0.25) is 9.89 Å². The highest BCUT2D eigenvalue weighted by Gasteiger charge is 2.20. The Hall–Kier alpha value is -1.93. The first-order chi connectivity index (χ1) is 12.6. The zero-order chi connectivity index (χ0) is 18.4. The number of piperidine rings is 1. The van der Waals surface area contributed by atoms with Crippen LogP contribution in [0.4, 0.5) is 0 Å². The van der Waals surface area contributed by atoms with Crippen LogP contribution in [0.2, 0.25) is 0 Å². The molecule has 1 aliphatic rings. The van der Waals surface area contributed by atoms with E-state index < -0.39 is 0 Å². The summed E-state index contributed by atoms with van der Waals surface area (Å²) in [5.74, 6) is 1.71. The predicted octanol–water partition coefficient (Wildman–Crippen LogP) is 1.91. The second-order valence-electron chi connectivity index (χ2n) is 6.61. The van der Waals surface area contributed by atoms with Gasteiger partial charge in [0, 0.05) is 44.2 Å². The first-order valence-corrected chi connectivity index (χ1v) is 9.70. The number of nitrogens with zero attached hydrogens (tertiary/aromatic N) is 5. The van der Waals surface area contributed by atoms with Crippen LogP contribution in [0.15, 0.2) is 40.1 Å². The van der Waals surface area contributed by atoms with E-state index in [1.165, 1.54) is 5.56 Å². The van der Waals surface area contributed by atoms with Crippen LogP contribution in [-0.2, 0) is 20.1 Å². The summed E-state index contributed by atoms with van der Waals surface area (Å²) in [6, 6.07) is 9.04. The molecule has 1 saturated heterocycles. The third-order valence-electron chi connectivity index (χ3n) is 4.69. The van der Waals surface area contributed by atoms with Crippen LogP contribution >= 0.6 is 15.9 Å². The van der Waals surface area contributed by atoms with Crippen LogP contribution in [0.5, 0.6) is 0 Å². The van der Waals surface area contributed by atoms with Crippen LogP contribution in [-0.4, -0.2) is 51.8 Å². The summed E-state index contributed by atoms with van der Waals surface area (Å²) >= 11 is 3.49. The summed E-state index contributed by atoms with van der Waals surface area (Å²) in [7, 11) is 3.74. The van der Waals surface area contributed by atoms with Crippen LogP contribution in [0, 0.1) is 0 Å².